The SMILES string of the molecule is CCCN(CC)CCN=C(NCC)N1CCC(NC(=O)OC(C)(C)C)C1. The van der Waals surface area contributed by atoms with Crippen LogP contribution in [-0.2, 0) is 4.74 Å². The minimum Gasteiger partial charge on any atom is -0.444 e. The number of likely N-dealkylation sites (tertiary alicyclic amines) is 1. The molecule has 1 atom stereocenters. The van der Waals surface area contributed by atoms with Crippen LogP contribution in [0.15, 0.2) is 4.99 Å². The number of guanidine groups is 1. The number of likely N-dealkylation sites (N-methyl/N-ethyl adjacent to an activating group) is 1. The van der Waals surface area contributed by atoms with Crippen LogP contribution in [0.4, 0.5) is 4.79 Å². The molecule has 1 aliphatic rings. The standard InChI is InChI=1S/C19H39N5O2/c1-7-12-23(9-3)14-11-21-17(20-8-2)24-13-10-16(15-24)22-18(25)26-19(4,5)6/h16H,7-15H2,1-6H3,(H,20,21)(H,22,25). The molecule has 0 aromatic heterocycles. The third-order valence-electron chi connectivity index (χ3n) is 4.21. The summed E-state index contributed by atoms with van der Waals surface area (Å²) >= 11 is 0. The van der Waals surface area contributed by atoms with Gasteiger partial charge in [-0.3, -0.25) is 4.99 Å². The lowest BCUT2D eigenvalue weighted by Crippen LogP contribution is -2.44. The predicted octanol–water partition coefficient (Wildman–Crippen LogP) is 2.28. The summed E-state index contributed by atoms with van der Waals surface area (Å²) in [6.07, 6.45) is 1.73. The average molecular weight is 370 g/mol. The second-order valence-electron chi connectivity index (χ2n) is 7.75. The first-order valence-corrected chi connectivity index (χ1v) is 10.0. The van der Waals surface area contributed by atoms with Crippen LogP contribution in [0.5, 0.6) is 0 Å². The lowest BCUT2D eigenvalue weighted by Gasteiger charge is -2.24. The van der Waals surface area contributed by atoms with E-state index in [1.807, 2.05) is 20.8 Å². The Morgan fingerprint density at radius 3 is 2.58 bits per heavy atom. The molecule has 1 rings (SSSR count). The van der Waals surface area contributed by atoms with Crippen LogP contribution in [0, 0.1) is 0 Å². The van der Waals surface area contributed by atoms with Crippen molar-refractivity contribution in [2.24, 2.45) is 4.99 Å². The Morgan fingerprint density at radius 1 is 1.27 bits per heavy atom. The fraction of sp³-hybridized carbons (Fsp3) is 0.895. The van der Waals surface area contributed by atoms with Crippen molar-refractivity contribution in [3.05, 3.63) is 0 Å². The van der Waals surface area contributed by atoms with E-state index in [1.54, 1.807) is 0 Å². The Morgan fingerprint density at radius 2 is 2.00 bits per heavy atom. The summed E-state index contributed by atoms with van der Waals surface area (Å²) in [5.41, 5.74) is -0.470. The highest BCUT2D eigenvalue weighted by atomic mass is 16.6. The Kier molecular flexibility index (Phi) is 9.76. The Hall–Kier alpha value is -1.50. The normalized spacial score (nSPS) is 18.3. The van der Waals surface area contributed by atoms with Crippen molar-refractivity contribution < 1.29 is 9.53 Å². The number of hydrogen-bond acceptors (Lipinski definition) is 4. The maximum atomic E-state index is 12.0. The van der Waals surface area contributed by atoms with Crippen molar-refractivity contribution in [1.82, 2.24) is 20.4 Å². The molecule has 152 valence electrons. The zero-order valence-electron chi connectivity index (χ0n) is 17.6. The number of nitrogens with zero attached hydrogens (tertiary/aromatic N) is 3. The first-order chi connectivity index (χ1) is 12.3. The van der Waals surface area contributed by atoms with E-state index in [4.69, 9.17) is 9.73 Å². The fourth-order valence-electron chi connectivity index (χ4n) is 3.01. The van der Waals surface area contributed by atoms with E-state index in [2.05, 4.69) is 41.2 Å². The minimum atomic E-state index is -0.470. The Labute approximate surface area is 159 Å². The lowest BCUT2D eigenvalue weighted by atomic mass is 10.2. The van der Waals surface area contributed by atoms with Gasteiger partial charge in [-0.15, -0.1) is 0 Å². The van der Waals surface area contributed by atoms with Gasteiger partial charge in [-0.05, 0) is 53.6 Å². The summed E-state index contributed by atoms with van der Waals surface area (Å²) in [7, 11) is 0. The topological polar surface area (TPSA) is 69.2 Å². The summed E-state index contributed by atoms with van der Waals surface area (Å²) in [6.45, 7) is 18.5. The molecule has 1 saturated heterocycles. The molecule has 0 bridgehead atoms. The van der Waals surface area contributed by atoms with E-state index in [0.717, 1.165) is 58.2 Å². The zero-order valence-corrected chi connectivity index (χ0v) is 17.6. The maximum absolute atomic E-state index is 12.0. The van der Waals surface area contributed by atoms with E-state index in [1.165, 1.54) is 6.42 Å². The molecule has 0 radical (unpaired) electrons. The van der Waals surface area contributed by atoms with Gasteiger partial charge in [0, 0.05) is 26.2 Å². The summed E-state index contributed by atoms with van der Waals surface area (Å²) in [5, 5.41) is 6.34. The second-order valence-corrected chi connectivity index (χ2v) is 7.75. The first kappa shape index (κ1) is 22.5. The Balaban J connectivity index is 2.52. The monoisotopic (exact) mass is 369 g/mol. The summed E-state index contributed by atoms with van der Waals surface area (Å²) in [5.74, 6) is 0.938. The van der Waals surface area contributed by atoms with Crippen molar-refractivity contribution in [2.45, 2.75) is 66.0 Å². The molecule has 1 heterocycles. The highest BCUT2D eigenvalue weighted by molar-refractivity contribution is 5.80. The van der Waals surface area contributed by atoms with Crippen molar-refractivity contribution in [2.75, 3.05) is 45.8 Å². The van der Waals surface area contributed by atoms with Crippen molar-refractivity contribution in [1.29, 1.82) is 0 Å². The first-order valence-electron chi connectivity index (χ1n) is 10.0. The quantitative estimate of drug-likeness (QED) is 0.507. The summed E-state index contributed by atoms with van der Waals surface area (Å²) < 4.78 is 5.35. The highest BCUT2D eigenvalue weighted by Gasteiger charge is 2.27. The van der Waals surface area contributed by atoms with Gasteiger partial charge >= 0.3 is 6.09 Å². The average Bonchev–Trinajstić information content (AvgIpc) is 2.99. The number of ether oxygens (including phenoxy) is 1. The zero-order chi connectivity index (χ0) is 19.6. The summed E-state index contributed by atoms with van der Waals surface area (Å²) in [4.78, 5) is 21.4. The molecule has 2 N–H and O–H groups in total. The minimum absolute atomic E-state index is 0.0981. The lowest BCUT2D eigenvalue weighted by molar-refractivity contribution is 0.0507. The molecule has 7 heteroatoms. The van der Waals surface area contributed by atoms with Gasteiger partial charge in [0.05, 0.1) is 12.6 Å². The third kappa shape index (κ3) is 8.74. The van der Waals surface area contributed by atoms with E-state index in [9.17, 15) is 4.79 Å². The largest absolute Gasteiger partial charge is 0.444 e. The van der Waals surface area contributed by atoms with Crippen LogP contribution in [0.1, 0.15) is 54.4 Å². The maximum Gasteiger partial charge on any atom is 0.407 e. The van der Waals surface area contributed by atoms with Gasteiger partial charge < -0.3 is 25.2 Å². The van der Waals surface area contributed by atoms with Crippen LogP contribution in [0.25, 0.3) is 0 Å². The van der Waals surface area contributed by atoms with Crippen LogP contribution in [-0.4, -0.2) is 79.3 Å². The number of amides is 1. The molecular formula is C19H39N5O2. The van der Waals surface area contributed by atoms with Gasteiger partial charge in [0.2, 0.25) is 0 Å². The smallest absolute Gasteiger partial charge is 0.407 e. The van der Waals surface area contributed by atoms with Crippen LogP contribution >= 0.6 is 0 Å². The number of aliphatic imine (C=N–C) groups is 1. The molecule has 0 aromatic carbocycles. The second kappa shape index (κ2) is 11.3. The summed E-state index contributed by atoms with van der Waals surface area (Å²) in [6, 6.07) is 0.0981. The molecule has 26 heavy (non-hydrogen) atoms. The van der Waals surface area contributed by atoms with E-state index in [0.29, 0.717) is 0 Å². The van der Waals surface area contributed by atoms with Crippen LogP contribution < -0.4 is 10.6 Å². The van der Waals surface area contributed by atoms with Gasteiger partial charge in [0.25, 0.3) is 0 Å². The van der Waals surface area contributed by atoms with Crippen molar-refractivity contribution in [3.8, 4) is 0 Å². The molecular weight excluding hydrogens is 330 g/mol. The molecule has 0 aliphatic carbocycles. The molecule has 7 nitrogen and oxygen atoms in total. The third-order valence-corrected chi connectivity index (χ3v) is 4.21. The molecule has 0 saturated carbocycles. The fourth-order valence-corrected chi connectivity index (χ4v) is 3.01. The van der Waals surface area contributed by atoms with E-state index in [-0.39, 0.29) is 12.1 Å². The molecule has 1 amide bonds. The van der Waals surface area contributed by atoms with E-state index >= 15 is 0 Å². The van der Waals surface area contributed by atoms with Gasteiger partial charge in [-0.2, -0.15) is 0 Å². The van der Waals surface area contributed by atoms with Crippen LogP contribution in [0.3, 0.4) is 0 Å². The van der Waals surface area contributed by atoms with Crippen molar-refractivity contribution in [3.63, 3.8) is 0 Å². The number of hydrogen-bond donors (Lipinski definition) is 2. The molecule has 1 unspecified atom stereocenters. The van der Waals surface area contributed by atoms with Gasteiger partial charge in [0.1, 0.15) is 5.60 Å². The van der Waals surface area contributed by atoms with Crippen LogP contribution in [0.2, 0.25) is 0 Å². The predicted molar refractivity (Wildman–Crippen MR) is 108 cm³/mol. The highest BCUT2D eigenvalue weighted by Crippen LogP contribution is 2.12. The van der Waals surface area contributed by atoms with Gasteiger partial charge in [-0.1, -0.05) is 13.8 Å². The number of nitrogens with one attached hydrogen (secondary N) is 2. The number of alkyl carbamates (subject to hydrolysis) is 1. The molecule has 1 aliphatic heterocycles. The number of carbonyl (C=O) groups is 1. The molecule has 1 fully saturated rings. The molecule has 0 aromatic rings. The van der Waals surface area contributed by atoms with Crippen molar-refractivity contribution >= 4 is 12.1 Å². The Bertz CT molecular complexity index is 448. The number of carbonyl (C=O) groups excluding carboxylic acids is 1. The number of rotatable bonds is 8. The molecule has 0 spiro atoms. The van der Waals surface area contributed by atoms with E-state index < -0.39 is 5.60 Å². The van der Waals surface area contributed by atoms with Gasteiger partial charge in [0.15, 0.2) is 5.96 Å². The van der Waals surface area contributed by atoms with Gasteiger partial charge in [-0.25, -0.2) is 4.79 Å².